The Bertz CT molecular complexity index is 820. The van der Waals surface area contributed by atoms with Gasteiger partial charge in [0.25, 0.3) is 5.91 Å². The van der Waals surface area contributed by atoms with Crippen LogP contribution in [0, 0.1) is 17.8 Å². The smallest absolute Gasteiger partial charge is 0.270 e. The lowest BCUT2D eigenvalue weighted by molar-refractivity contribution is -0.0167. The molecule has 4 aliphatic rings. The molecular formula is C24H28N2O. The number of aryl methyl sites for hydroxylation is 1. The minimum absolute atomic E-state index is 0.00368. The topological polar surface area (TPSA) is 42.0 Å². The molecule has 1 aromatic heterocycles. The number of amides is 1. The number of pyridine rings is 1. The zero-order valence-electron chi connectivity index (χ0n) is 16.1. The molecule has 4 aliphatic carbocycles. The molecule has 4 bridgehead atoms. The number of carbonyl (C=O) groups is 1. The molecule has 4 fully saturated rings. The zero-order chi connectivity index (χ0) is 18.4. The van der Waals surface area contributed by atoms with Gasteiger partial charge in [-0.3, -0.25) is 4.79 Å². The quantitative estimate of drug-likeness (QED) is 0.833. The molecule has 140 valence electrons. The van der Waals surface area contributed by atoms with Gasteiger partial charge in [0.2, 0.25) is 0 Å². The molecule has 0 unspecified atom stereocenters. The Hall–Kier alpha value is -2.16. The first-order chi connectivity index (χ1) is 13.1. The van der Waals surface area contributed by atoms with Gasteiger partial charge in [0.1, 0.15) is 5.69 Å². The highest BCUT2D eigenvalue weighted by Crippen LogP contribution is 2.55. The summed E-state index contributed by atoms with van der Waals surface area (Å²) in [6.45, 7) is 2.16. The predicted molar refractivity (Wildman–Crippen MR) is 107 cm³/mol. The maximum absolute atomic E-state index is 13.0. The van der Waals surface area contributed by atoms with Gasteiger partial charge in [-0.15, -0.1) is 0 Å². The summed E-state index contributed by atoms with van der Waals surface area (Å²) in [7, 11) is 0. The van der Waals surface area contributed by atoms with Crippen LogP contribution < -0.4 is 5.32 Å². The fourth-order valence-corrected chi connectivity index (χ4v) is 6.20. The molecule has 27 heavy (non-hydrogen) atoms. The summed E-state index contributed by atoms with van der Waals surface area (Å²) in [6, 6.07) is 14.3. The van der Waals surface area contributed by atoms with E-state index >= 15 is 0 Å². The lowest BCUT2D eigenvalue weighted by Crippen LogP contribution is -2.59. The minimum Gasteiger partial charge on any atom is -0.345 e. The molecule has 0 atom stereocenters. The van der Waals surface area contributed by atoms with Gasteiger partial charge in [0.15, 0.2) is 0 Å². The first kappa shape index (κ1) is 17.0. The van der Waals surface area contributed by atoms with Crippen LogP contribution in [0.1, 0.15) is 61.5 Å². The van der Waals surface area contributed by atoms with E-state index in [0.717, 1.165) is 35.4 Å². The van der Waals surface area contributed by atoms with E-state index in [2.05, 4.69) is 41.5 Å². The van der Waals surface area contributed by atoms with Crippen LogP contribution in [-0.2, 0) is 6.42 Å². The number of nitrogens with one attached hydrogen (secondary N) is 1. The van der Waals surface area contributed by atoms with Crippen molar-refractivity contribution in [2.45, 2.75) is 57.4 Å². The molecule has 0 radical (unpaired) electrons. The second-order valence-corrected chi connectivity index (χ2v) is 9.11. The Kier molecular flexibility index (Phi) is 4.07. The third-order valence-corrected chi connectivity index (χ3v) is 7.06. The molecule has 2 aromatic rings. The van der Waals surface area contributed by atoms with Crippen LogP contribution >= 0.6 is 0 Å². The number of benzene rings is 1. The van der Waals surface area contributed by atoms with Gasteiger partial charge in [0.05, 0.1) is 5.69 Å². The average molecular weight is 361 g/mol. The van der Waals surface area contributed by atoms with E-state index in [0.29, 0.717) is 5.69 Å². The SMILES string of the molecule is CCc1ccc(-c2cccc(C(=O)NC34CC5CC(CC(C5)C3)C4)n2)cc1. The number of hydrogen-bond donors (Lipinski definition) is 1. The highest BCUT2D eigenvalue weighted by Gasteiger charge is 2.51. The van der Waals surface area contributed by atoms with Crippen LogP contribution in [-0.4, -0.2) is 16.4 Å². The molecule has 0 saturated heterocycles. The Balaban J connectivity index is 1.36. The lowest BCUT2D eigenvalue weighted by atomic mass is 9.53. The summed E-state index contributed by atoms with van der Waals surface area (Å²) >= 11 is 0. The maximum atomic E-state index is 13.0. The predicted octanol–water partition coefficient (Wildman–Crippen LogP) is 5.01. The number of rotatable bonds is 4. The van der Waals surface area contributed by atoms with Gasteiger partial charge in [0, 0.05) is 11.1 Å². The van der Waals surface area contributed by atoms with Crippen LogP contribution in [0.15, 0.2) is 42.5 Å². The molecule has 1 amide bonds. The van der Waals surface area contributed by atoms with Crippen molar-refractivity contribution in [3.8, 4) is 11.3 Å². The number of carbonyl (C=O) groups excluding carboxylic acids is 1. The molecule has 1 heterocycles. The Labute approximate surface area is 161 Å². The van der Waals surface area contributed by atoms with Crippen molar-refractivity contribution < 1.29 is 4.79 Å². The van der Waals surface area contributed by atoms with Crippen molar-refractivity contribution in [3.05, 3.63) is 53.7 Å². The summed E-state index contributed by atoms with van der Waals surface area (Å²) in [5, 5.41) is 3.44. The van der Waals surface area contributed by atoms with E-state index in [4.69, 9.17) is 0 Å². The first-order valence-electron chi connectivity index (χ1n) is 10.5. The van der Waals surface area contributed by atoms with E-state index in [9.17, 15) is 4.79 Å². The molecule has 0 aliphatic heterocycles. The van der Waals surface area contributed by atoms with E-state index in [1.165, 1.54) is 44.1 Å². The van der Waals surface area contributed by atoms with Crippen LogP contribution in [0.25, 0.3) is 11.3 Å². The largest absolute Gasteiger partial charge is 0.345 e. The minimum atomic E-state index is 0.00368. The molecule has 3 heteroatoms. The lowest BCUT2D eigenvalue weighted by Gasteiger charge is -2.56. The van der Waals surface area contributed by atoms with Crippen molar-refractivity contribution in [1.82, 2.24) is 10.3 Å². The summed E-state index contributed by atoms with van der Waals surface area (Å²) in [6.07, 6.45) is 8.69. The molecule has 4 saturated carbocycles. The van der Waals surface area contributed by atoms with E-state index < -0.39 is 0 Å². The van der Waals surface area contributed by atoms with Gasteiger partial charge >= 0.3 is 0 Å². The van der Waals surface area contributed by atoms with Crippen LogP contribution in [0.2, 0.25) is 0 Å². The maximum Gasteiger partial charge on any atom is 0.270 e. The number of aromatic nitrogens is 1. The molecule has 6 rings (SSSR count). The van der Waals surface area contributed by atoms with Crippen molar-refractivity contribution in [1.29, 1.82) is 0 Å². The van der Waals surface area contributed by atoms with Gasteiger partial charge in [-0.2, -0.15) is 0 Å². The summed E-state index contributed by atoms with van der Waals surface area (Å²) in [5.41, 5.74) is 3.83. The zero-order valence-corrected chi connectivity index (χ0v) is 16.1. The van der Waals surface area contributed by atoms with Gasteiger partial charge in [-0.25, -0.2) is 4.98 Å². The van der Waals surface area contributed by atoms with Crippen molar-refractivity contribution in [2.75, 3.05) is 0 Å². The van der Waals surface area contributed by atoms with Gasteiger partial charge in [-0.1, -0.05) is 37.3 Å². The Morgan fingerprint density at radius 2 is 1.63 bits per heavy atom. The molecule has 3 nitrogen and oxygen atoms in total. The molecule has 1 N–H and O–H groups in total. The third kappa shape index (κ3) is 3.18. The molecule has 1 aromatic carbocycles. The normalized spacial score (nSPS) is 31.1. The fourth-order valence-electron chi connectivity index (χ4n) is 6.20. The van der Waals surface area contributed by atoms with Gasteiger partial charge in [-0.05, 0) is 80.4 Å². The van der Waals surface area contributed by atoms with Crippen LogP contribution in [0.5, 0.6) is 0 Å². The molecule has 0 spiro atoms. The van der Waals surface area contributed by atoms with Crippen LogP contribution in [0.3, 0.4) is 0 Å². The Morgan fingerprint density at radius 1 is 1.00 bits per heavy atom. The van der Waals surface area contributed by atoms with Crippen molar-refractivity contribution >= 4 is 5.91 Å². The van der Waals surface area contributed by atoms with Crippen molar-refractivity contribution in [2.24, 2.45) is 17.8 Å². The van der Waals surface area contributed by atoms with E-state index in [1.54, 1.807) is 0 Å². The fraction of sp³-hybridized carbons (Fsp3) is 0.500. The van der Waals surface area contributed by atoms with Crippen molar-refractivity contribution in [3.63, 3.8) is 0 Å². The number of nitrogens with zero attached hydrogens (tertiary/aromatic N) is 1. The van der Waals surface area contributed by atoms with Gasteiger partial charge < -0.3 is 5.32 Å². The van der Waals surface area contributed by atoms with E-state index in [-0.39, 0.29) is 11.4 Å². The highest BCUT2D eigenvalue weighted by molar-refractivity contribution is 5.93. The van der Waals surface area contributed by atoms with E-state index in [1.807, 2.05) is 18.2 Å². The second-order valence-electron chi connectivity index (χ2n) is 9.11. The second kappa shape index (κ2) is 6.47. The third-order valence-electron chi connectivity index (χ3n) is 7.06. The first-order valence-corrected chi connectivity index (χ1v) is 10.5. The molecular weight excluding hydrogens is 332 g/mol. The monoisotopic (exact) mass is 360 g/mol. The van der Waals surface area contributed by atoms with Crippen LogP contribution in [0.4, 0.5) is 0 Å². The highest BCUT2D eigenvalue weighted by atomic mass is 16.2. The average Bonchev–Trinajstić information content (AvgIpc) is 2.67. The number of hydrogen-bond acceptors (Lipinski definition) is 2. The summed E-state index contributed by atoms with van der Waals surface area (Å²) < 4.78 is 0. The standard InChI is InChI=1S/C24H28N2O/c1-2-16-6-8-20(9-7-16)21-4-3-5-22(25-21)23(27)26-24-13-17-10-18(14-24)12-19(11-17)15-24/h3-9,17-19H,2,10-15H2,1H3,(H,26,27). The Morgan fingerprint density at radius 3 is 2.22 bits per heavy atom. The summed E-state index contributed by atoms with van der Waals surface area (Å²) in [5.74, 6) is 2.48. The summed E-state index contributed by atoms with van der Waals surface area (Å²) in [4.78, 5) is 17.7.